The van der Waals surface area contributed by atoms with Crippen LogP contribution in [0.1, 0.15) is 10.4 Å². The maximum Gasteiger partial charge on any atom is 0.335 e. The van der Waals surface area contributed by atoms with Crippen LogP contribution < -0.4 is 15.1 Å². The smallest absolute Gasteiger partial charge is 0.335 e. The van der Waals surface area contributed by atoms with E-state index in [0.717, 1.165) is 11.5 Å². The summed E-state index contributed by atoms with van der Waals surface area (Å²) in [4.78, 5) is 12.8. The van der Waals surface area contributed by atoms with Gasteiger partial charge in [0.25, 0.3) is 0 Å². The summed E-state index contributed by atoms with van der Waals surface area (Å²) >= 11 is 5.90. The lowest BCUT2D eigenvalue weighted by atomic mass is 10.2. The second kappa shape index (κ2) is 6.58. The number of rotatable bonds is 5. The van der Waals surface area contributed by atoms with Crippen molar-refractivity contribution < 1.29 is 14.6 Å². The standard InChI is InChI=1S/C16H14ClN3O3/c17-12-3-5-13(6-4-12)20-10-18-19-15(20)9-23-14-7-1-11(2-8-14)16(21)22/h1-8,18H,9-10H2,(H,21,22). The number of amidine groups is 1. The first-order valence-electron chi connectivity index (χ1n) is 6.92. The average molecular weight is 332 g/mol. The normalized spacial score (nSPS) is 13.4. The Morgan fingerprint density at radius 1 is 1.22 bits per heavy atom. The quantitative estimate of drug-likeness (QED) is 0.881. The van der Waals surface area contributed by atoms with E-state index in [2.05, 4.69) is 10.5 Å². The fraction of sp³-hybridized carbons (Fsp3) is 0.125. The van der Waals surface area contributed by atoms with Crippen molar-refractivity contribution in [3.05, 3.63) is 59.1 Å². The second-order valence-corrected chi connectivity index (χ2v) is 5.30. The van der Waals surface area contributed by atoms with Gasteiger partial charge in [0.2, 0.25) is 0 Å². The molecule has 6 nitrogen and oxygen atoms in total. The summed E-state index contributed by atoms with van der Waals surface area (Å²) in [5.41, 5.74) is 4.10. The van der Waals surface area contributed by atoms with Crippen molar-refractivity contribution in [2.24, 2.45) is 5.10 Å². The number of benzene rings is 2. The minimum absolute atomic E-state index is 0.222. The molecule has 0 fully saturated rings. The first-order valence-corrected chi connectivity index (χ1v) is 7.30. The van der Waals surface area contributed by atoms with Crippen molar-refractivity contribution in [2.45, 2.75) is 0 Å². The van der Waals surface area contributed by atoms with E-state index in [1.165, 1.54) is 12.1 Å². The Bertz CT molecular complexity index is 729. The Balaban J connectivity index is 1.65. The number of anilines is 1. The van der Waals surface area contributed by atoms with Crippen LogP contribution in [0, 0.1) is 0 Å². The number of hydrogen-bond acceptors (Lipinski definition) is 5. The Morgan fingerprint density at radius 3 is 2.57 bits per heavy atom. The minimum atomic E-state index is -0.963. The highest BCUT2D eigenvalue weighted by Gasteiger charge is 2.19. The summed E-state index contributed by atoms with van der Waals surface area (Å²) in [5, 5.41) is 13.8. The van der Waals surface area contributed by atoms with Crippen molar-refractivity contribution >= 4 is 29.1 Å². The zero-order chi connectivity index (χ0) is 16.2. The minimum Gasteiger partial charge on any atom is -0.486 e. The van der Waals surface area contributed by atoms with E-state index in [0.29, 0.717) is 17.4 Å². The fourth-order valence-corrected chi connectivity index (χ4v) is 2.29. The van der Waals surface area contributed by atoms with Crippen molar-refractivity contribution in [3.8, 4) is 5.75 Å². The number of carboxylic acid groups (broad SMARTS) is 1. The van der Waals surface area contributed by atoms with Gasteiger partial charge in [-0.05, 0) is 48.5 Å². The van der Waals surface area contributed by atoms with Gasteiger partial charge in [0.1, 0.15) is 19.0 Å². The van der Waals surface area contributed by atoms with Crippen LogP contribution in [0.4, 0.5) is 5.69 Å². The van der Waals surface area contributed by atoms with E-state index in [4.69, 9.17) is 21.4 Å². The number of hydrazone groups is 1. The van der Waals surface area contributed by atoms with Crippen LogP contribution in [0.25, 0.3) is 0 Å². The van der Waals surface area contributed by atoms with E-state index >= 15 is 0 Å². The molecular weight excluding hydrogens is 318 g/mol. The summed E-state index contributed by atoms with van der Waals surface area (Å²) in [6.45, 7) is 0.820. The Hall–Kier alpha value is -2.73. The number of carboxylic acids is 1. The Kier molecular flexibility index (Phi) is 4.34. The molecule has 0 aromatic heterocycles. The van der Waals surface area contributed by atoms with Crippen LogP contribution in [0.15, 0.2) is 53.6 Å². The van der Waals surface area contributed by atoms with E-state index in [1.807, 2.05) is 29.2 Å². The maximum atomic E-state index is 10.8. The molecule has 0 saturated heterocycles. The molecule has 2 aromatic rings. The molecule has 1 aliphatic heterocycles. The molecule has 3 rings (SSSR count). The highest BCUT2D eigenvalue weighted by Crippen LogP contribution is 2.20. The third-order valence-corrected chi connectivity index (χ3v) is 3.61. The first kappa shape index (κ1) is 15.2. The molecule has 0 amide bonds. The monoisotopic (exact) mass is 331 g/mol. The molecule has 0 atom stereocenters. The fourth-order valence-electron chi connectivity index (χ4n) is 2.16. The van der Waals surface area contributed by atoms with Gasteiger partial charge in [-0.3, -0.25) is 5.43 Å². The zero-order valence-electron chi connectivity index (χ0n) is 12.1. The number of carbonyl (C=O) groups is 1. The Labute approximate surface area is 137 Å². The topological polar surface area (TPSA) is 74.2 Å². The van der Waals surface area contributed by atoms with E-state index in [9.17, 15) is 4.79 Å². The number of nitrogens with one attached hydrogen (secondary N) is 1. The van der Waals surface area contributed by atoms with Crippen LogP contribution in [0.5, 0.6) is 5.75 Å². The molecule has 2 N–H and O–H groups in total. The Morgan fingerprint density at radius 2 is 1.91 bits per heavy atom. The largest absolute Gasteiger partial charge is 0.486 e. The molecular formula is C16H14ClN3O3. The number of aromatic carboxylic acids is 1. The molecule has 118 valence electrons. The number of hydrogen-bond donors (Lipinski definition) is 2. The first-order chi connectivity index (χ1) is 11.1. The van der Waals surface area contributed by atoms with E-state index in [1.54, 1.807) is 12.1 Å². The van der Waals surface area contributed by atoms with Gasteiger partial charge < -0.3 is 14.7 Å². The van der Waals surface area contributed by atoms with Crippen LogP contribution >= 0.6 is 11.6 Å². The molecule has 1 aliphatic rings. The van der Waals surface area contributed by atoms with Gasteiger partial charge in [-0.15, -0.1) is 0 Å². The lowest BCUT2D eigenvalue weighted by molar-refractivity contribution is 0.0697. The molecule has 23 heavy (non-hydrogen) atoms. The number of nitrogens with zero attached hydrogens (tertiary/aromatic N) is 2. The van der Waals surface area contributed by atoms with E-state index in [-0.39, 0.29) is 12.2 Å². The SMILES string of the molecule is O=C(O)c1ccc(OCC2=NNCN2c2ccc(Cl)cc2)cc1. The van der Waals surface area contributed by atoms with Crippen molar-refractivity contribution in [2.75, 3.05) is 18.2 Å². The van der Waals surface area contributed by atoms with Gasteiger partial charge in [-0.2, -0.15) is 5.10 Å². The van der Waals surface area contributed by atoms with Gasteiger partial charge in [0.15, 0.2) is 5.84 Å². The molecule has 2 aromatic carbocycles. The third-order valence-electron chi connectivity index (χ3n) is 3.36. The predicted octanol–water partition coefficient (Wildman–Crippen LogP) is 2.80. The third kappa shape index (κ3) is 3.54. The maximum absolute atomic E-state index is 10.8. The second-order valence-electron chi connectivity index (χ2n) is 4.87. The molecule has 0 radical (unpaired) electrons. The van der Waals surface area contributed by atoms with Crippen LogP contribution in [0.3, 0.4) is 0 Å². The van der Waals surface area contributed by atoms with Gasteiger partial charge in [-0.1, -0.05) is 11.6 Å². The molecule has 7 heteroatoms. The molecule has 0 unspecified atom stereocenters. The van der Waals surface area contributed by atoms with Gasteiger partial charge >= 0.3 is 5.97 Å². The van der Waals surface area contributed by atoms with Crippen LogP contribution in [-0.2, 0) is 0 Å². The van der Waals surface area contributed by atoms with Gasteiger partial charge in [-0.25, -0.2) is 4.79 Å². The summed E-state index contributed by atoms with van der Waals surface area (Å²) < 4.78 is 5.67. The number of ether oxygens (including phenoxy) is 1. The zero-order valence-corrected chi connectivity index (χ0v) is 12.8. The molecule has 0 saturated carbocycles. The molecule has 0 spiro atoms. The van der Waals surface area contributed by atoms with Crippen molar-refractivity contribution in [1.29, 1.82) is 0 Å². The molecule has 0 bridgehead atoms. The lowest BCUT2D eigenvalue weighted by Crippen LogP contribution is -2.32. The highest BCUT2D eigenvalue weighted by molar-refractivity contribution is 6.30. The van der Waals surface area contributed by atoms with Crippen LogP contribution in [0.2, 0.25) is 5.02 Å². The molecule has 1 heterocycles. The van der Waals surface area contributed by atoms with Gasteiger partial charge in [0, 0.05) is 10.7 Å². The summed E-state index contributed by atoms with van der Waals surface area (Å²) in [6.07, 6.45) is 0. The van der Waals surface area contributed by atoms with Crippen molar-refractivity contribution in [1.82, 2.24) is 5.43 Å². The van der Waals surface area contributed by atoms with E-state index < -0.39 is 5.97 Å². The van der Waals surface area contributed by atoms with Crippen molar-refractivity contribution in [3.63, 3.8) is 0 Å². The van der Waals surface area contributed by atoms with Crippen LogP contribution in [-0.4, -0.2) is 30.2 Å². The van der Waals surface area contributed by atoms with Gasteiger partial charge in [0.05, 0.1) is 5.56 Å². The highest BCUT2D eigenvalue weighted by atomic mass is 35.5. The predicted molar refractivity (Wildman–Crippen MR) is 88.3 cm³/mol. The summed E-state index contributed by atoms with van der Waals surface area (Å²) in [6, 6.07) is 13.7. The summed E-state index contributed by atoms with van der Waals surface area (Å²) in [5.74, 6) is 0.352. The summed E-state index contributed by atoms with van der Waals surface area (Å²) in [7, 11) is 0. The average Bonchev–Trinajstić information content (AvgIpc) is 3.02. The number of halogens is 1. The lowest BCUT2D eigenvalue weighted by Gasteiger charge is -2.19. The molecule has 0 aliphatic carbocycles.